The highest BCUT2D eigenvalue weighted by molar-refractivity contribution is 5.77. The van der Waals surface area contributed by atoms with Crippen molar-refractivity contribution in [3.05, 3.63) is 24.2 Å². The van der Waals surface area contributed by atoms with Gasteiger partial charge in [-0.1, -0.05) is 20.8 Å². The summed E-state index contributed by atoms with van der Waals surface area (Å²) < 4.78 is 2.00. The lowest BCUT2D eigenvalue weighted by Gasteiger charge is -2.01. The maximum Gasteiger partial charge on any atom is 0.111 e. The van der Waals surface area contributed by atoms with Crippen molar-refractivity contribution in [3.8, 4) is 0 Å². The Morgan fingerprint density at radius 1 is 1.40 bits per heavy atom. The molecule has 0 saturated heterocycles. The van der Waals surface area contributed by atoms with E-state index in [9.17, 15) is 0 Å². The third kappa shape index (κ3) is 2.01. The molecule has 0 aliphatic carbocycles. The van der Waals surface area contributed by atoms with Gasteiger partial charge in [-0.2, -0.15) is 5.10 Å². The summed E-state index contributed by atoms with van der Waals surface area (Å²) in [6.45, 7) is 7.45. The molecular formula is C12H17N3. The second-order valence-electron chi connectivity index (χ2n) is 4.21. The molecule has 0 bridgehead atoms. The third-order valence-corrected chi connectivity index (χ3v) is 2.50. The Bertz CT molecular complexity index is 457. The van der Waals surface area contributed by atoms with E-state index in [2.05, 4.69) is 43.1 Å². The van der Waals surface area contributed by atoms with E-state index >= 15 is 0 Å². The first kappa shape index (κ1) is 10.1. The number of hydrogen-bond acceptors (Lipinski definition) is 2. The van der Waals surface area contributed by atoms with Crippen molar-refractivity contribution in [1.29, 1.82) is 0 Å². The topological polar surface area (TPSA) is 30.7 Å². The van der Waals surface area contributed by atoms with E-state index in [-0.39, 0.29) is 0 Å². The molecule has 0 unspecified atom stereocenters. The molecule has 0 aliphatic rings. The van der Waals surface area contributed by atoms with Gasteiger partial charge in [0.1, 0.15) is 5.52 Å². The molecule has 2 aromatic rings. The zero-order valence-corrected chi connectivity index (χ0v) is 9.57. The summed E-state index contributed by atoms with van der Waals surface area (Å²) in [5.41, 5.74) is 2.13. The van der Waals surface area contributed by atoms with Gasteiger partial charge in [0.15, 0.2) is 0 Å². The zero-order chi connectivity index (χ0) is 10.8. The van der Waals surface area contributed by atoms with E-state index in [0.717, 1.165) is 24.2 Å². The van der Waals surface area contributed by atoms with Gasteiger partial charge < -0.3 is 0 Å². The second-order valence-corrected chi connectivity index (χ2v) is 4.21. The average Bonchev–Trinajstić information content (AvgIpc) is 2.59. The minimum atomic E-state index is 0.476. The molecule has 3 nitrogen and oxygen atoms in total. The normalized spacial score (nSPS) is 11.5. The number of aromatic nitrogens is 3. The van der Waals surface area contributed by atoms with Crippen LogP contribution in [0.5, 0.6) is 0 Å². The maximum absolute atomic E-state index is 4.46. The third-order valence-electron chi connectivity index (χ3n) is 2.50. The van der Waals surface area contributed by atoms with E-state index in [0.29, 0.717) is 5.92 Å². The van der Waals surface area contributed by atoms with Gasteiger partial charge in [0.25, 0.3) is 0 Å². The Balaban J connectivity index is 2.43. The van der Waals surface area contributed by atoms with E-state index in [1.165, 1.54) is 5.39 Å². The Morgan fingerprint density at radius 2 is 2.20 bits per heavy atom. The molecule has 0 N–H and O–H groups in total. The Labute approximate surface area is 90.1 Å². The van der Waals surface area contributed by atoms with Crippen molar-refractivity contribution in [1.82, 2.24) is 14.8 Å². The van der Waals surface area contributed by atoms with Gasteiger partial charge in [0.2, 0.25) is 0 Å². The zero-order valence-electron chi connectivity index (χ0n) is 9.57. The first-order valence-electron chi connectivity index (χ1n) is 5.54. The van der Waals surface area contributed by atoms with Gasteiger partial charge in [0, 0.05) is 23.8 Å². The van der Waals surface area contributed by atoms with Gasteiger partial charge in [0.05, 0.1) is 6.20 Å². The van der Waals surface area contributed by atoms with Gasteiger partial charge in [-0.15, -0.1) is 0 Å². The molecule has 0 spiro atoms. The van der Waals surface area contributed by atoms with Crippen LogP contribution in [-0.2, 0) is 6.54 Å². The second kappa shape index (κ2) is 4.01. The molecule has 15 heavy (non-hydrogen) atoms. The summed E-state index contributed by atoms with van der Waals surface area (Å²) in [6.07, 6.45) is 5.08. The van der Waals surface area contributed by atoms with Crippen molar-refractivity contribution in [2.75, 3.05) is 0 Å². The van der Waals surface area contributed by atoms with Crippen LogP contribution in [0.25, 0.3) is 10.9 Å². The van der Waals surface area contributed by atoms with Gasteiger partial charge in [-0.3, -0.25) is 9.67 Å². The van der Waals surface area contributed by atoms with Crippen LogP contribution in [0, 0.1) is 0 Å². The van der Waals surface area contributed by atoms with E-state index in [1.807, 2.05) is 10.9 Å². The average molecular weight is 203 g/mol. The lowest BCUT2D eigenvalue weighted by Crippen LogP contribution is -1.95. The predicted octanol–water partition coefficient (Wildman–Crippen LogP) is 2.96. The number of fused-ring (bicyclic) bond motifs is 1. The summed E-state index contributed by atoms with van der Waals surface area (Å²) in [6, 6.07) is 2.14. The van der Waals surface area contributed by atoms with Crippen LogP contribution in [0.15, 0.2) is 18.5 Å². The smallest absolute Gasteiger partial charge is 0.111 e. The van der Waals surface area contributed by atoms with E-state index < -0.39 is 0 Å². The maximum atomic E-state index is 4.46. The van der Waals surface area contributed by atoms with Gasteiger partial charge in [-0.25, -0.2) is 0 Å². The quantitative estimate of drug-likeness (QED) is 0.767. The summed E-state index contributed by atoms with van der Waals surface area (Å²) in [5.74, 6) is 0.476. The summed E-state index contributed by atoms with van der Waals surface area (Å²) in [5, 5.41) is 5.65. The molecule has 3 heteroatoms. The summed E-state index contributed by atoms with van der Waals surface area (Å²) in [4.78, 5) is 4.40. The van der Waals surface area contributed by atoms with Crippen molar-refractivity contribution >= 4 is 10.9 Å². The Morgan fingerprint density at radius 3 is 2.87 bits per heavy atom. The summed E-state index contributed by atoms with van der Waals surface area (Å²) >= 11 is 0. The van der Waals surface area contributed by atoms with Crippen LogP contribution in [-0.4, -0.2) is 14.8 Å². The molecule has 2 heterocycles. The molecule has 0 fully saturated rings. The van der Waals surface area contributed by atoms with Crippen LogP contribution in [0.1, 0.15) is 38.8 Å². The Hall–Kier alpha value is -1.38. The highest BCUT2D eigenvalue weighted by atomic mass is 15.3. The molecule has 0 atom stereocenters. The lowest BCUT2D eigenvalue weighted by molar-refractivity contribution is 0.608. The van der Waals surface area contributed by atoms with Crippen molar-refractivity contribution < 1.29 is 0 Å². The van der Waals surface area contributed by atoms with Crippen molar-refractivity contribution in [2.24, 2.45) is 0 Å². The van der Waals surface area contributed by atoms with E-state index in [4.69, 9.17) is 0 Å². The number of nitrogens with zero attached hydrogens (tertiary/aromatic N) is 3. The fourth-order valence-corrected chi connectivity index (χ4v) is 1.65. The van der Waals surface area contributed by atoms with Crippen molar-refractivity contribution in [3.63, 3.8) is 0 Å². The molecule has 0 aromatic carbocycles. The molecule has 2 rings (SSSR count). The highest BCUT2D eigenvalue weighted by Crippen LogP contribution is 2.17. The van der Waals surface area contributed by atoms with Crippen LogP contribution in [0.4, 0.5) is 0 Å². The largest absolute Gasteiger partial charge is 0.271 e. The van der Waals surface area contributed by atoms with Crippen LogP contribution >= 0.6 is 0 Å². The fourth-order valence-electron chi connectivity index (χ4n) is 1.65. The molecule has 0 amide bonds. The minimum absolute atomic E-state index is 0.476. The SMILES string of the molecule is CCCn1cc2cc(C(C)C)ncc2n1. The molecule has 0 aliphatic heterocycles. The Kier molecular flexibility index (Phi) is 2.71. The number of pyridine rings is 1. The monoisotopic (exact) mass is 203 g/mol. The number of aryl methyl sites for hydroxylation is 1. The first-order chi connectivity index (χ1) is 7.20. The molecule has 0 saturated carbocycles. The molecular weight excluding hydrogens is 186 g/mol. The standard InChI is InChI=1S/C12H17N3/c1-4-5-15-8-10-6-11(9(2)3)13-7-12(10)14-15/h6-9H,4-5H2,1-3H3. The number of rotatable bonds is 3. The molecule has 2 aromatic heterocycles. The number of hydrogen-bond donors (Lipinski definition) is 0. The molecule has 80 valence electrons. The molecule has 0 radical (unpaired) electrons. The lowest BCUT2D eigenvalue weighted by atomic mass is 10.1. The highest BCUT2D eigenvalue weighted by Gasteiger charge is 2.05. The van der Waals surface area contributed by atoms with Crippen LogP contribution < -0.4 is 0 Å². The fraction of sp³-hybridized carbons (Fsp3) is 0.500. The van der Waals surface area contributed by atoms with Crippen LogP contribution in [0.2, 0.25) is 0 Å². The van der Waals surface area contributed by atoms with E-state index in [1.54, 1.807) is 0 Å². The predicted molar refractivity (Wildman–Crippen MR) is 61.9 cm³/mol. The van der Waals surface area contributed by atoms with Crippen LogP contribution in [0.3, 0.4) is 0 Å². The van der Waals surface area contributed by atoms with Crippen molar-refractivity contribution in [2.45, 2.75) is 39.7 Å². The first-order valence-corrected chi connectivity index (χ1v) is 5.54. The summed E-state index contributed by atoms with van der Waals surface area (Å²) in [7, 11) is 0. The van der Waals surface area contributed by atoms with Gasteiger partial charge >= 0.3 is 0 Å². The minimum Gasteiger partial charge on any atom is -0.271 e. The van der Waals surface area contributed by atoms with Gasteiger partial charge in [-0.05, 0) is 18.4 Å².